The summed E-state index contributed by atoms with van der Waals surface area (Å²) in [4.78, 5) is 37.5. The third kappa shape index (κ3) is 7.13. The van der Waals surface area contributed by atoms with E-state index in [9.17, 15) is 14.4 Å². The minimum atomic E-state index is -1.09. The standard InChI is InChI=1S/C20H36N2O5/c1-13(23)26-17(14-11-9-8-10-12-14)22(21)16(24)15(19(2,3)4)18(25)27-20(5,6)7/h14-15,17H,8-12,21H2,1-7H3. The Balaban J connectivity index is 3.11. The van der Waals surface area contributed by atoms with Crippen molar-refractivity contribution in [1.29, 1.82) is 0 Å². The normalized spacial score (nSPS) is 18.4. The molecule has 0 aliphatic heterocycles. The van der Waals surface area contributed by atoms with Crippen molar-refractivity contribution < 1.29 is 23.9 Å². The van der Waals surface area contributed by atoms with Crippen LogP contribution in [0.3, 0.4) is 0 Å². The molecule has 27 heavy (non-hydrogen) atoms. The molecule has 0 heterocycles. The van der Waals surface area contributed by atoms with E-state index in [0.717, 1.165) is 37.1 Å². The molecule has 2 N–H and O–H groups in total. The zero-order chi connectivity index (χ0) is 21.0. The first kappa shape index (κ1) is 23.4. The molecule has 0 bridgehead atoms. The van der Waals surface area contributed by atoms with Crippen LogP contribution < -0.4 is 5.84 Å². The highest BCUT2D eigenvalue weighted by Gasteiger charge is 2.45. The minimum Gasteiger partial charge on any atom is -0.459 e. The average molecular weight is 385 g/mol. The van der Waals surface area contributed by atoms with E-state index in [-0.39, 0.29) is 5.92 Å². The van der Waals surface area contributed by atoms with Gasteiger partial charge in [-0.25, -0.2) is 10.9 Å². The Morgan fingerprint density at radius 1 is 1.00 bits per heavy atom. The fourth-order valence-electron chi connectivity index (χ4n) is 3.43. The van der Waals surface area contributed by atoms with Crippen LogP contribution in [-0.2, 0) is 23.9 Å². The number of esters is 2. The molecular weight excluding hydrogens is 348 g/mol. The van der Waals surface area contributed by atoms with Crippen molar-refractivity contribution in [1.82, 2.24) is 5.01 Å². The SMILES string of the molecule is CC(=O)OC(C1CCCCC1)N(N)C(=O)C(C(=O)OC(C)(C)C)C(C)(C)C. The molecule has 1 saturated carbocycles. The van der Waals surface area contributed by atoms with Gasteiger partial charge in [0, 0.05) is 12.8 Å². The van der Waals surface area contributed by atoms with E-state index in [1.807, 2.05) is 0 Å². The molecule has 1 aliphatic carbocycles. The fraction of sp³-hybridized carbons (Fsp3) is 0.850. The largest absolute Gasteiger partial charge is 0.459 e. The van der Waals surface area contributed by atoms with Gasteiger partial charge in [-0.05, 0) is 39.0 Å². The van der Waals surface area contributed by atoms with Gasteiger partial charge in [0.15, 0.2) is 6.23 Å². The third-order valence-corrected chi connectivity index (χ3v) is 4.62. The van der Waals surface area contributed by atoms with Gasteiger partial charge in [0.05, 0.1) is 0 Å². The first-order chi connectivity index (χ1) is 12.2. The molecule has 0 saturated heterocycles. The van der Waals surface area contributed by atoms with Gasteiger partial charge in [0.2, 0.25) is 0 Å². The lowest BCUT2D eigenvalue weighted by atomic mass is 9.79. The van der Waals surface area contributed by atoms with Crippen molar-refractivity contribution in [2.24, 2.45) is 23.1 Å². The van der Waals surface area contributed by atoms with Gasteiger partial charge < -0.3 is 9.47 Å². The van der Waals surface area contributed by atoms with Crippen LogP contribution in [0.15, 0.2) is 0 Å². The summed E-state index contributed by atoms with van der Waals surface area (Å²) < 4.78 is 10.9. The summed E-state index contributed by atoms with van der Waals surface area (Å²) in [6.07, 6.45) is 3.89. The zero-order valence-electron chi connectivity index (χ0n) is 17.8. The summed E-state index contributed by atoms with van der Waals surface area (Å²) in [6, 6.07) is 0. The van der Waals surface area contributed by atoms with Crippen LogP contribution in [-0.4, -0.2) is 34.7 Å². The molecule has 156 valence electrons. The molecule has 0 spiro atoms. The van der Waals surface area contributed by atoms with E-state index in [1.54, 1.807) is 41.5 Å². The number of carbonyl (C=O) groups excluding carboxylic acids is 3. The molecule has 7 heteroatoms. The molecule has 1 rings (SSSR count). The molecule has 0 aromatic carbocycles. The molecule has 0 radical (unpaired) electrons. The van der Waals surface area contributed by atoms with Crippen molar-refractivity contribution in [2.45, 2.75) is 92.4 Å². The molecule has 0 aromatic heterocycles. The molecule has 1 aliphatic rings. The Bertz CT molecular complexity index is 542. The predicted octanol–water partition coefficient (Wildman–Crippen LogP) is 3.16. The summed E-state index contributed by atoms with van der Waals surface area (Å²) in [6.45, 7) is 11.9. The van der Waals surface area contributed by atoms with Crippen LogP contribution in [0.25, 0.3) is 0 Å². The summed E-state index contributed by atoms with van der Waals surface area (Å²) >= 11 is 0. The highest BCUT2D eigenvalue weighted by molar-refractivity contribution is 5.98. The summed E-state index contributed by atoms with van der Waals surface area (Å²) in [5.74, 6) is 3.30. The van der Waals surface area contributed by atoms with Gasteiger partial charge in [-0.2, -0.15) is 0 Å². The topological polar surface area (TPSA) is 98.9 Å². The Morgan fingerprint density at radius 3 is 1.93 bits per heavy atom. The van der Waals surface area contributed by atoms with E-state index < -0.39 is 41.0 Å². The van der Waals surface area contributed by atoms with Crippen LogP contribution in [0.2, 0.25) is 0 Å². The Kier molecular flexibility index (Phi) is 7.84. The Hall–Kier alpha value is -1.63. The van der Waals surface area contributed by atoms with Crippen molar-refractivity contribution in [3.05, 3.63) is 0 Å². The van der Waals surface area contributed by atoms with E-state index in [0.29, 0.717) is 0 Å². The van der Waals surface area contributed by atoms with E-state index >= 15 is 0 Å². The second kappa shape index (κ2) is 9.04. The lowest BCUT2D eigenvalue weighted by Gasteiger charge is -2.38. The van der Waals surface area contributed by atoms with Gasteiger partial charge >= 0.3 is 11.9 Å². The number of nitrogens with zero attached hydrogens (tertiary/aromatic N) is 1. The minimum absolute atomic E-state index is 0.0316. The number of hydrogen-bond donors (Lipinski definition) is 1. The van der Waals surface area contributed by atoms with Crippen molar-refractivity contribution >= 4 is 17.8 Å². The van der Waals surface area contributed by atoms with E-state index in [2.05, 4.69) is 0 Å². The van der Waals surface area contributed by atoms with E-state index in [4.69, 9.17) is 15.3 Å². The lowest BCUT2D eigenvalue weighted by molar-refractivity contribution is -0.181. The van der Waals surface area contributed by atoms with Gasteiger partial charge in [-0.3, -0.25) is 14.4 Å². The third-order valence-electron chi connectivity index (χ3n) is 4.62. The maximum absolute atomic E-state index is 13.2. The van der Waals surface area contributed by atoms with Crippen molar-refractivity contribution in [3.63, 3.8) is 0 Å². The second-order valence-electron chi connectivity index (χ2n) is 9.48. The first-order valence-electron chi connectivity index (χ1n) is 9.72. The second-order valence-corrected chi connectivity index (χ2v) is 9.48. The number of hydrogen-bond acceptors (Lipinski definition) is 6. The van der Waals surface area contributed by atoms with Crippen molar-refractivity contribution in [3.8, 4) is 0 Å². The van der Waals surface area contributed by atoms with Gasteiger partial charge in [-0.1, -0.05) is 40.0 Å². The Morgan fingerprint density at radius 2 is 1.52 bits per heavy atom. The number of carbonyl (C=O) groups is 3. The highest BCUT2D eigenvalue weighted by Crippen LogP contribution is 2.33. The number of nitrogens with two attached hydrogens (primary N) is 1. The summed E-state index contributed by atoms with van der Waals surface area (Å²) in [7, 11) is 0. The summed E-state index contributed by atoms with van der Waals surface area (Å²) in [5.41, 5.74) is -1.43. The maximum atomic E-state index is 13.2. The van der Waals surface area contributed by atoms with Crippen LogP contribution >= 0.6 is 0 Å². The van der Waals surface area contributed by atoms with Crippen LogP contribution in [0.4, 0.5) is 0 Å². The molecule has 7 nitrogen and oxygen atoms in total. The zero-order valence-corrected chi connectivity index (χ0v) is 17.8. The number of hydrazine groups is 1. The molecule has 2 unspecified atom stereocenters. The maximum Gasteiger partial charge on any atom is 0.319 e. The molecular formula is C20H36N2O5. The molecule has 1 amide bonds. The van der Waals surface area contributed by atoms with E-state index in [1.165, 1.54) is 6.92 Å². The quantitative estimate of drug-likeness (QED) is 0.195. The fourth-order valence-corrected chi connectivity index (χ4v) is 3.43. The molecule has 0 aromatic rings. The molecule has 2 atom stereocenters. The van der Waals surface area contributed by atoms with Crippen LogP contribution in [0, 0.1) is 17.3 Å². The number of rotatable bonds is 5. The van der Waals surface area contributed by atoms with Gasteiger partial charge in [-0.15, -0.1) is 0 Å². The number of amides is 1. The average Bonchev–Trinajstić information content (AvgIpc) is 2.49. The van der Waals surface area contributed by atoms with Gasteiger partial charge in [0.1, 0.15) is 11.5 Å². The smallest absolute Gasteiger partial charge is 0.319 e. The van der Waals surface area contributed by atoms with Crippen LogP contribution in [0.1, 0.15) is 80.6 Å². The predicted molar refractivity (Wildman–Crippen MR) is 102 cm³/mol. The molecule has 1 fully saturated rings. The number of ether oxygens (including phenoxy) is 2. The van der Waals surface area contributed by atoms with Crippen molar-refractivity contribution in [2.75, 3.05) is 0 Å². The highest BCUT2D eigenvalue weighted by atomic mass is 16.6. The lowest BCUT2D eigenvalue weighted by Crippen LogP contribution is -2.57. The first-order valence-corrected chi connectivity index (χ1v) is 9.72. The Labute approximate surface area is 162 Å². The monoisotopic (exact) mass is 384 g/mol. The van der Waals surface area contributed by atoms with Crippen LogP contribution in [0.5, 0.6) is 0 Å². The summed E-state index contributed by atoms with van der Waals surface area (Å²) in [5, 5.41) is 0.942. The van der Waals surface area contributed by atoms with Gasteiger partial charge in [0.25, 0.3) is 5.91 Å².